The van der Waals surface area contributed by atoms with Gasteiger partial charge in [-0.3, -0.25) is 0 Å². The Morgan fingerprint density at radius 1 is 0.273 bits per heavy atom. The Morgan fingerprint density at radius 2 is 0.485 bits per heavy atom. The number of hydrogen-bond acceptors (Lipinski definition) is 1. The van der Waals surface area contributed by atoms with Crippen LogP contribution in [-0.4, -0.2) is 24.5 Å². The van der Waals surface area contributed by atoms with Crippen molar-refractivity contribution >= 4 is 0 Å². The minimum absolute atomic E-state index is 1.25. The van der Waals surface area contributed by atoms with Crippen molar-refractivity contribution < 1.29 is 0 Å². The molecule has 0 atom stereocenters. The van der Waals surface area contributed by atoms with Crippen molar-refractivity contribution in [1.82, 2.24) is 4.90 Å². The highest BCUT2D eigenvalue weighted by atomic mass is 15.1. The smallest absolute Gasteiger partial charge is 0.00189 e. The summed E-state index contributed by atoms with van der Waals surface area (Å²) < 4.78 is 0. The third-order valence-corrected chi connectivity index (χ3v) is 7.60. The van der Waals surface area contributed by atoms with Gasteiger partial charge < -0.3 is 4.90 Å². The SMILES string of the molecule is CCCCCCCCCCCCCCCCCCCCN(CC)CCCCCCCCCC. The molecule has 0 N–H and O–H groups in total. The molecule has 1 nitrogen and oxygen atoms in total. The average molecular weight is 466 g/mol. The van der Waals surface area contributed by atoms with Gasteiger partial charge in [-0.2, -0.15) is 0 Å². The van der Waals surface area contributed by atoms with Crippen LogP contribution in [0.2, 0.25) is 0 Å². The maximum Gasteiger partial charge on any atom is -0.00189 e. The van der Waals surface area contributed by atoms with Crippen molar-refractivity contribution in [3.05, 3.63) is 0 Å². The highest BCUT2D eigenvalue weighted by Gasteiger charge is 2.02. The summed E-state index contributed by atoms with van der Waals surface area (Å²) in [7, 11) is 0. The summed E-state index contributed by atoms with van der Waals surface area (Å²) >= 11 is 0. The van der Waals surface area contributed by atoms with Crippen LogP contribution in [0.4, 0.5) is 0 Å². The van der Waals surface area contributed by atoms with E-state index < -0.39 is 0 Å². The van der Waals surface area contributed by atoms with Crippen molar-refractivity contribution in [2.24, 2.45) is 0 Å². The highest BCUT2D eigenvalue weighted by molar-refractivity contribution is 4.58. The summed E-state index contributed by atoms with van der Waals surface area (Å²) in [6.07, 6.45) is 37.9. The van der Waals surface area contributed by atoms with Gasteiger partial charge in [0.1, 0.15) is 0 Å². The Bertz CT molecular complexity index is 326. The van der Waals surface area contributed by atoms with Crippen LogP contribution in [0, 0.1) is 0 Å². The van der Waals surface area contributed by atoms with E-state index in [-0.39, 0.29) is 0 Å². The first-order chi connectivity index (χ1) is 16.3. The van der Waals surface area contributed by atoms with Gasteiger partial charge in [-0.15, -0.1) is 0 Å². The monoisotopic (exact) mass is 466 g/mol. The quantitative estimate of drug-likeness (QED) is 0.0992. The average Bonchev–Trinajstić information content (AvgIpc) is 2.83. The fourth-order valence-electron chi connectivity index (χ4n) is 5.13. The van der Waals surface area contributed by atoms with Crippen molar-refractivity contribution in [2.75, 3.05) is 19.6 Å². The van der Waals surface area contributed by atoms with E-state index >= 15 is 0 Å². The van der Waals surface area contributed by atoms with Gasteiger partial charge in [-0.05, 0) is 32.5 Å². The molecular formula is C32H67N. The predicted octanol–water partition coefficient (Wildman–Crippen LogP) is 11.5. The number of hydrogen-bond donors (Lipinski definition) is 0. The van der Waals surface area contributed by atoms with Gasteiger partial charge in [0.05, 0.1) is 0 Å². The lowest BCUT2D eigenvalue weighted by Crippen LogP contribution is -2.25. The van der Waals surface area contributed by atoms with E-state index in [1.165, 1.54) is 187 Å². The zero-order valence-corrected chi connectivity index (χ0v) is 24.0. The molecule has 0 aromatic heterocycles. The molecule has 33 heavy (non-hydrogen) atoms. The molecule has 0 aliphatic heterocycles. The van der Waals surface area contributed by atoms with Gasteiger partial charge in [0.2, 0.25) is 0 Å². The zero-order valence-electron chi connectivity index (χ0n) is 24.0. The van der Waals surface area contributed by atoms with E-state index in [4.69, 9.17) is 0 Å². The third kappa shape index (κ3) is 28.1. The van der Waals surface area contributed by atoms with E-state index in [9.17, 15) is 0 Å². The topological polar surface area (TPSA) is 3.24 Å². The summed E-state index contributed by atoms with van der Waals surface area (Å²) in [6.45, 7) is 10.9. The fraction of sp³-hybridized carbons (Fsp3) is 1.00. The molecule has 0 rings (SSSR count). The Morgan fingerprint density at radius 3 is 0.697 bits per heavy atom. The summed E-state index contributed by atoms with van der Waals surface area (Å²) in [5.41, 5.74) is 0. The lowest BCUT2D eigenvalue weighted by molar-refractivity contribution is 0.273. The summed E-state index contributed by atoms with van der Waals surface area (Å²) in [6, 6.07) is 0. The van der Waals surface area contributed by atoms with Crippen molar-refractivity contribution in [1.29, 1.82) is 0 Å². The van der Waals surface area contributed by atoms with Crippen LogP contribution in [0.3, 0.4) is 0 Å². The van der Waals surface area contributed by atoms with E-state index in [0.717, 1.165) is 0 Å². The first-order valence-corrected chi connectivity index (χ1v) is 16.1. The minimum Gasteiger partial charge on any atom is -0.304 e. The predicted molar refractivity (Wildman–Crippen MR) is 154 cm³/mol. The number of unbranched alkanes of at least 4 members (excludes halogenated alkanes) is 24. The molecule has 0 aromatic rings. The second-order valence-corrected chi connectivity index (χ2v) is 10.9. The Labute approximate surface area is 212 Å². The highest BCUT2D eigenvalue weighted by Crippen LogP contribution is 2.15. The van der Waals surface area contributed by atoms with Crippen LogP contribution in [0.15, 0.2) is 0 Å². The van der Waals surface area contributed by atoms with E-state index in [2.05, 4.69) is 25.7 Å². The fourth-order valence-corrected chi connectivity index (χ4v) is 5.13. The molecule has 1 heteroatoms. The molecule has 0 aromatic carbocycles. The van der Waals surface area contributed by atoms with Gasteiger partial charge in [-0.1, -0.05) is 175 Å². The summed E-state index contributed by atoms with van der Waals surface area (Å²) in [4.78, 5) is 2.70. The summed E-state index contributed by atoms with van der Waals surface area (Å²) in [5.74, 6) is 0. The third-order valence-electron chi connectivity index (χ3n) is 7.60. The molecule has 0 amide bonds. The normalized spacial score (nSPS) is 11.6. The van der Waals surface area contributed by atoms with E-state index in [0.29, 0.717) is 0 Å². The van der Waals surface area contributed by atoms with Crippen LogP contribution >= 0.6 is 0 Å². The van der Waals surface area contributed by atoms with Crippen LogP contribution in [0.5, 0.6) is 0 Å². The Hall–Kier alpha value is -0.0400. The van der Waals surface area contributed by atoms with Crippen molar-refractivity contribution in [3.63, 3.8) is 0 Å². The van der Waals surface area contributed by atoms with Gasteiger partial charge in [0.15, 0.2) is 0 Å². The molecule has 0 radical (unpaired) electrons. The molecule has 0 fully saturated rings. The summed E-state index contributed by atoms with van der Waals surface area (Å²) in [5, 5.41) is 0. The van der Waals surface area contributed by atoms with Gasteiger partial charge in [-0.25, -0.2) is 0 Å². The molecule has 0 aliphatic rings. The molecule has 0 saturated heterocycles. The molecule has 0 spiro atoms. The second kappa shape index (κ2) is 30.0. The second-order valence-electron chi connectivity index (χ2n) is 10.9. The lowest BCUT2D eigenvalue weighted by atomic mass is 10.0. The molecule has 0 bridgehead atoms. The molecular weight excluding hydrogens is 398 g/mol. The van der Waals surface area contributed by atoms with Crippen LogP contribution < -0.4 is 0 Å². The minimum atomic E-state index is 1.25. The van der Waals surface area contributed by atoms with Crippen molar-refractivity contribution in [2.45, 2.75) is 188 Å². The Kier molecular flexibility index (Phi) is 30.0. The van der Waals surface area contributed by atoms with Crippen LogP contribution in [0.1, 0.15) is 188 Å². The van der Waals surface area contributed by atoms with E-state index in [1.807, 2.05) is 0 Å². The number of nitrogens with zero attached hydrogens (tertiary/aromatic N) is 1. The maximum atomic E-state index is 2.70. The standard InChI is InChI=1S/C32H67N/c1-4-7-9-11-13-15-16-17-18-19-20-21-22-23-24-26-28-30-32-33(6-3)31-29-27-25-14-12-10-8-5-2/h4-32H2,1-3H3. The molecule has 0 aliphatic carbocycles. The largest absolute Gasteiger partial charge is 0.304 e. The van der Waals surface area contributed by atoms with Gasteiger partial charge in [0, 0.05) is 0 Å². The first kappa shape index (κ1) is 33.0. The molecule has 0 heterocycles. The van der Waals surface area contributed by atoms with Gasteiger partial charge in [0.25, 0.3) is 0 Å². The zero-order chi connectivity index (χ0) is 24.1. The van der Waals surface area contributed by atoms with E-state index in [1.54, 1.807) is 0 Å². The number of rotatable bonds is 29. The van der Waals surface area contributed by atoms with Crippen LogP contribution in [0.25, 0.3) is 0 Å². The first-order valence-electron chi connectivity index (χ1n) is 16.1. The molecule has 0 saturated carbocycles. The molecule has 200 valence electrons. The van der Waals surface area contributed by atoms with Gasteiger partial charge >= 0.3 is 0 Å². The Balaban J connectivity index is 3.22. The van der Waals surface area contributed by atoms with Crippen LogP contribution in [-0.2, 0) is 0 Å². The van der Waals surface area contributed by atoms with Crippen molar-refractivity contribution in [3.8, 4) is 0 Å². The maximum absolute atomic E-state index is 2.70. The lowest BCUT2D eigenvalue weighted by Gasteiger charge is -2.20. The molecule has 0 unspecified atom stereocenters.